The van der Waals surface area contributed by atoms with Crippen LogP contribution in [-0.2, 0) is 21.2 Å². The first-order chi connectivity index (χ1) is 18.1. The van der Waals surface area contributed by atoms with E-state index in [0.29, 0.717) is 23.9 Å². The number of hydrazine groups is 1. The Morgan fingerprint density at radius 3 is 2.18 bits per heavy atom. The second-order valence-corrected chi connectivity index (χ2v) is 12.5. The topological polar surface area (TPSA) is 126 Å². The van der Waals surface area contributed by atoms with Gasteiger partial charge in [0.1, 0.15) is 0 Å². The van der Waals surface area contributed by atoms with E-state index in [2.05, 4.69) is 53.4 Å². The minimum absolute atomic E-state index is 0.0379. The highest BCUT2D eigenvalue weighted by Gasteiger charge is 2.20. The molecule has 0 fully saturated rings. The zero-order chi connectivity index (χ0) is 28.0. The molecule has 1 amide bonds. The van der Waals surface area contributed by atoms with Gasteiger partial charge in [-0.25, -0.2) is 13.8 Å². The molecule has 214 valence electrons. The first kappa shape index (κ1) is 31.6. The minimum atomic E-state index is -3.32. The molecule has 2 aromatic rings. The van der Waals surface area contributed by atoms with Gasteiger partial charge in [-0.1, -0.05) is 89.9 Å². The maximum atomic E-state index is 13.0. The summed E-state index contributed by atoms with van der Waals surface area (Å²) in [7, 11) is -3.32. The summed E-state index contributed by atoms with van der Waals surface area (Å²) in [6.07, 6.45) is 12.6. The molecular formula is C28H47N5O4S. The van der Waals surface area contributed by atoms with Gasteiger partial charge >= 0.3 is 6.01 Å². The van der Waals surface area contributed by atoms with E-state index in [9.17, 15) is 13.2 Å². The van der Waals surface area contributed by atoms with Crippen LogP contribution in [0.25, 0.3) is 0 Å². The number of amides is 1. The number of hydrogen-bond acceptors (Lipinski definition) is 7. The Labute approximate surface area is 229 Å². The number of rotatable bonds is 19. The molecule has 3 atom stereocenters. The summed E-state index contributed by atoms with van der Waals surface area (Å²) in [5.74, 6) is 1.72. The first-order valence-corrected chi connectivity index (χ1v) is 15.9. The number of carbonyl (C=O) groups excluding carboxylic acids is 1. The molecule has 1 aromatic carbocycles. The van der Waals surface area contributed by atoms with Crippen LogP contribution in [0.3, 0.4) is 0 Å². The number of hydrogen-bond donors (Lipinski definition) is 3. The molecule has 0 saturated heterocycles. The summed E-state index contributed by atoms with van der Waals surface area (Å²) in [5.41, 5.74) is 6.96. The van der Waals surface area contributed by atoms with Crippen LogP contribution in [0.5, 0.6) is 0 Å². The van der Waals surface area contributed by atoms with Gasteiger partial charge in [0.15, 0.2) is 5.82 Å². The van der Waals surface area contributed by atoms with Crippen LogP contribution >= 0.6 is 0 Å². The second kappa shape index (κ2) is 16.4. The summed E-state index contributed by atoms with van der Waals surface area (Å²) < 4.78 is 30.4. The van der Waals surface area contributed by atoms with Crippen LogP contribution in [-0.4, -0.2) is 30.7 Å². The molecule has 0 radical (unpaired) electrons. The van der Waals surface area contributed by atoms with Crippen molar-refractivity contribution in [3.05, 3.63) is 35.7 Å². The number of nitrogens with one attached hydrogen (secondary N) is 3. The summed E-state index contributed by atoms with van der Waals surface area (Å²) in [5, 5.41) is 3.98. The third-order valence-electron chi connectivity index (χ3n) is 6.82. The lowest BCUT2D eigenvalue weighted by atomic mass is 9.89. The number of unbranched alkanes of at least 4 members (excludes halogenated alkanes) is 1. The highest BCUT2D eigenvalue weighted by Crippen LogP contribution is 2.23. The van der Waals surface area contributed by atoms with E-state index >= 15 is 0 Å². The number of aromatic nitrogens is 2. The molecule has 0 saturated carbocycles. The van der Waals surface area contributed by atoms with Crippen LogP contribution in [0, 0.1) is 17.8 Å². The average molecular weight is 550 g/mol. The SMILES string of the molecule is CCCC(C)CCCCC(CCC(C)CCC)C(=O)NNc1nc(Cc2ccc(NS(C)(=O)=O)cc2)no1. The fraction of sp³-hybridized carbons (Fsp3) is 0.679. The van der Waals surface area contributed by atoms with Gasteiger partial charge < -0.3 is 4.52 Å². The Bertz CT molecular complexity index is 1060. The van der Waals surface area contributed by atoms with Gasteiger partial charge in [0.2, 0.25) is 15.9 Å². The molecule has 1 heterocycles. The summed E-state index contributed by atoms with van der Waals surface area (Å²) in [6.45, 7) is 9.01. The van der Waals surface area contributed by atoms with Gasteiger partial charge in [-0.05, 0) is 48.8 Å². The molecule has 0 aliphatic rings. The van der Waals surface area contributed by atoms with Crippen molar-refractivity contribution in [1.29, 1.82) is 0 Å². The van der Waals surface area contributed by atoms with Gasteiger partial charge in [-0.2, -0.15) is 4.98 Å². The number of benzene rings is 1. The second-order valence-electron chi connectivity index (χ2n) is 10.7. The Hall–Kier alpha value is -2.62. The average Bonchev–Trinajstić information content (AvgIpc) is 3.30. The monoisotopic (exact) mass is 549 g/mol. The molecule has 1 aromatic heterocycles. The van der Waals surface area contributed by atoms with Crippen molar-refractivity contribution < 1.29 is 17.7 Å². The van der Waals surface area contributed by atoms with Crippen molar-refractivity contribution in [2.24, 2.45) is 17.8 Å². The predicted molar refractivity (Wildman–Crippen MR) is 153 cm³/mol. The van der Waals surface area contributed by atoms with Crippen LogP contribution in [0.15, 0.2) is 28.8 Å². The highest BCUT2D eigenvalue weighted by molar-refractivity contribution is 7.92. The molecule has 0 bridgehead atoms. The zero-order valence-electron chi connectivity index (χ0n) is 23.8. The van der Waals surface area contributed by atoms with Crippen molar-refractivity contribution in [3.8, 4) is 0 Å². The molecule has 9 nitrogen and oxygen atoms in total. The first-order valence-electron chi connectivity index (χ1n) is 14.0. The number of nitrogens with zero attached hydrogens (tertiary/aromatic N) is 2. The van der Waals surface area contributed by atoms with Gasteiger partial charge in [0.25, 0.3) is 0 Å². The Morgan fingerprint density at radius 1 is 0.921 bits per heavy atom. The molecule has 0 spiro atoms. The number of sulfonamides is 1. The van der Waals surface area contributed by atoms with Gasteiger partial charge in [0, 0.05) is 18.0 Å². The third kappa shape index (κ3) is 12.8. The number of anilines is 2. The number of carbonyl (C=O) groups is 1. The Morgan fingerprint density at radius 2 is 1.55 bits per heavy atom. The maximum absolute atomic E-state index is 13.0. The quantitative estimate of drug-likeness (QED) is 0.139. The van der Waals surface area contributed by atoms with Gasteiger partial charge in [0.05, 0.1) is 6.26 Å². The van der Waals surface area contributed by atoms with E-state index in [0.717, 1.165) is 56.3 Å². The Balaban J connectivity index is 1.87. The lowest BCUT2D eigenvalue weighted by molar-refractivity contribution is -0.125. The molecule has 3 unspecified atom stereocenters. The predicted octanol–water partition coefficient (Wildman–Crippen LogP) is 6.30. The lowest BCUT2D eigenvalue weighted by Gasteiger charge is -2.19. The normalized spacial score (nSPS) is 14.0. The van der Waals surface area contributed by atoms with Crippen molar-refractivity contribution in [2.75, 3.05) is 16.4 Å². The zero-order valence-corrected chi connectivity index (χ0v) is 24.6. The largest absolute Gasteiger partial charge is 0.340 e. The van der Waals surface area contributed by atoms with Crippen LogP contribution < -0.4 is 15.6 Å². The molecule has 2 rings (SSSR count). The van der Waals surface area contributed by atoms with E-state index in [1.165, 1.54) is 25.7 Å². The van der Waals surface area contributed by atoms with E-state index < -0.39 is 10.0 Å². The summed E-state index contributed by atoms with van der Waals surface area (Å²) in [4.78, 5) is 17.3. The fourth-order valence-electron chi connectivity index (χ4n) is 4.73. The smallest absolute Gasteiger partial charge is 0.314 e. The fourth-order valence-corrected chi connectivity index (χ4v) is 5.30. The van der Waals surface area contributed by atoms with E-state index in [1.54, 1.807) is 24.3 Å². The third-order valence-corrected chi connectivity index (χ3v) is 7.43. The van der Waals surface area contributed by atoms with E-state index in [1.807, 2.05) is 0 Å². The lowest BCUT2D eigenvalue weighted by Crippen LogP contribution is -2.35. The standard InChI is InChI=1S/C28H47N5O4S/c1-6-10-21(3)12-8-9-13-24(17-14-22(4)11-7-2)27(34)30-31-28-29-26(32-37-28)20-23-15-18-25(19-16-23)33-38(5,35)36/h15-16,18-19,21-22,24,33H,6-14,17,20H2,1-5H3,(H,30,34)(H,29,31,32). The highest BCUT2D eigenvalue weighted by atomic mass is 32.2. The van der Waals surface area contributed by atoms with Crippen molar-refractivity contribution in [2.45, 2.75) is 98.3 Å². The Kier molecular flexibility index (Phi) is 13.6. The molecule has 3 N–H and O–H groups in total. The molecular weight excluding hydrogens is 502 g/mol. The minimum Gasteiger partial charge on any atom is -0.314 e. The van der Waals surface area contributed by atoms with Crippen molar-refractivity contribution in [3.63, 3.8) is 0 Å². The van der Waals surface area contributed by atoms with E-state index in [-0.39, 0.29) is 17.8 Å². The maximum Gasteiger partial charge on any atom is 0.340 e. The summed E-state index contributed by atoms with van der Waals surface area (Å²) >= 11 is 0. The van der Waals surface area contributed by atoms with Gasteiger partial charge in [-0.15, -0.1) is 0 Å². The molecule has 38 heavy (non-hydrogen) atoms. The van der Waals surface area contributed by atoms with Crippen LogP contribution in [0.2, 0.25) is 0 Å². The molecule has 10 heteroatoms. The summed E-state index contributed by atoms with van der Waals surface area (Å²) in [6, 6.07) is 7.09. The molecule has 0 aliphatic heterocycles. The van der Waals surface area contributed by atoms with Crippen molar-refractivity contribution >= 4 is 27.6 Å². The molecule has 0 aliphatic carbocycles. The van der Waals surface area contributed by atoms with Crippen LogP contribution in [0.1, 0.15) is 103 Å². The van der Waals surface area contributed by atoms with Crippen LogP contribution in [0.4, 0.5) is 11.7 Å². The van der Waals surface area contributed by atoms with Crippen molar-refractivity contribution in [1.82, 2.24) is 15.6 Å². The van der Waals surface area contributed by atoms with Gasteiger partial charge in [-0.3, -0.25) is 14.9 Å². The van der Waals surface area contributed by atoms with E-state index in [4.69, 9.17) is 4.52 Å².